The number of carboxylic acids is 1. The van der Waals surface area contributed by atoms with Crippen LogP contribution >= 0.6 is 0 Å². The Morgan fingerprint density at radius 2 is 1.72 bits per heavy atom. The summed E-state index contributed by atoms with van der Waals surface area (Å²) < 4.78 is 4.41. The molecule has 0 aliphatic heterocycles. The molecule has 18 heavy (non-hydrogen) atoms. The molecule has 0 aliphatic rings. The van der Waals surface area contributed by atoms with Gasteiger partial charge in [0.1, 0.15) is 0 Å². The molecule has 0 heterocycles. The van der Waals surface area contributed by atoms with Crippen molar-refractivity contribution in [2.24, 2.45) is 5.92 Å². The summed E-state index contributed by atoms with van der Waals surface area (Å²) in [5.41, 5.74) is 0. The Morgan fingerprint density at radius 3 is 2.11 bits per heavy atom. The molecule has 104 valence electrons. The molecule has 4 nitrogen and oxygen atoms in total. The summed E-state index contributed by atoms with van der Waals surface area (Å²) >= 11 is 0. The highest BCUT2D eigenvalue weighted by molar-refractivity contribution is 5.71. The summed E-state index contributed by atoms with van der Waals surface area (Å²) in [7, 11) is 1.39. The first-order valence-electron chi connectivity index (χ1n) is 6.10. The first kappa shape index (κ1) is 18.8. The summed E-state index contributed by atoms with van der Waals surface area (Å²) in [5, 5.41) is 8.36. The second-order valence-electron chi connectivity index (χ2n) is 3.62. The monoisotopic (exact) mass is 256 g/mol. The predicted octanol–water partition coefficient (Wildman–Crippen LogP) is 3.19. The maximum atomic E-state index is 10.4. The highest BCUT2D eigenvalue weighted by Crippen LogP contribution is 1.96. The van der Waals surface area contributed by atoms with Crippen LogP contribution in [0.5, 0.6) is 0 Å². The van der Waals surface area contributed by atoms with E-state index in [2.05, 4.69) is 4.74 Å². The smallest absolute Gasteiger partial charge is 0.310 e. The summed E-state index contributed by atoms with van der Waals surface area (Å²) in [6.45, 7) is 5.66. The second-order valence-corrected chi connectivity index (χ2v) is 3.62. The molecule has 1 unspecified atom stereocenters. The van der Waals surface area contributed by atoms with E-state index in [9.17, 15) is 9.59 Å². The molecule has 0 radical (unpaired) electrons. The molecular weight excluding hydrogens is 232 g/mol. The number of esters is 1. The van der Waals surface area contributed by atoms with Crippen molar-refractivity contribution < 1.29 is 19.4 Å². The van der Waals surface area contributed by atoms with Gasteiger partial charge in [0.05, 0.1) is 19.4 Å². The highest BCUT2D eigenvalue weighted by Gasteiger charge is 2.03. The number of methoxy groups -OCH3 is 1. The van der Waals surface area contributed by atoms with E-state index in [-0.39, 0.29) is 11.9 Å². The number of carbonyl (C=O) groups is 2. The Morgan fingerprint density at radius 1 is 1.17 bits per heavy atom. The summed E-state index contributed by atoms with van der Waals surface area (Å²) in [6.07, 6.45) is 9.57. The third kappa shape index (κ3) is 14.4. The van der Waals surface area contributed by atoms with Gasteiger partial charge in [0.2, 0.25) is 0 Å². The van der Waals surface area contributed by atoms with Crippen LogP contribution in [0.3, 0.4) is 0 Å². The molecule has 0 fully saturated rings. The van der Waals surface area contributed by atoms with Crippen LogP contribution in [-0.4, -0.2) is 24.2 Å². The number of carbonyl (C=O) groups excluding carboxylic acids is 1. The number of hydrogen-bond donors (Lipinski definition) is 1. The lowest BCUT2D eigenvalue weighted by Gasteiger charge is -1.94. The van der Waals surface area contributed by atoms with E-state index in [1.54, 1.807) is 13.0 Å². The van der Waals surface area contributed by atoms with Gasteiger partial charge in [-0.05, 0) is 19.8 Å². The third-order valence-electron chi connectivity index (χ3n) is 1.96. The van der Waals surface area contributed by atoms with Crippen LogP contribution in [0.15, 0.2) is 24.3 Å². The fourth-order valence-electron chi connectivity index (χ4n) is 0.852. The lowest BCUT2D eigenvalue weighted by molar-refractivity contribution is -0.140. The molecular formula is C14H24O4. The minimum Gasteiger partial charge on any atom is -0.481 e. The Balaban J connectivity index is 0. The predicted molar refractivity (Wildman–Crippen MR) is 72.3 cm³/mol. The van der Waals surface area contributed by atoms with Crippen LogP contribution in [0.2, 0.25) is 0 Å². The number of carboxylic acid groups (broad SMARTS) is 1. The van der Waals surface area contributed by atoms with Gasteiger partial charge in [-0.3, -0.25) is 9.59 Å². The van der Waals surface area contributed by atoms with E-state index in [0.29, 0.717) is 6.42 Å². The summed E-state index contributed by atoms with van der Waals surface area (Å²) in [5.74, 6) is -1.29. The molecule has 0 saturated heterocycles. The van der Waals surface area contributed by atoms with Crippen molar-refractivity contribution in [2.75, 3.05) is 7.11 Å². The lowest BCUT2D eigenvalue weighted by Crippen LogP contribution is -2.05. The van der Waals surface area contributed by atoms with Gasteiger partial charge in [0, 0.05) is 0 Å². The molecule has 0 aromatic rings. The third-order valence-corrected chi connectivity index (χ3v) is 1.96. The highest BCUT2D eigenvalue weighted by atomic mass is 16.5. The second kappa shape index (κ2) is 13.5. The van der Waals surface area contributed by atoms with Crippen LogP contribution < -0.4 is 0 Å². The topological polar surface area (TPSA) is 63.6 Å². The Kier molecular flexibility index (Phi) is 14.1. The molecule has 0 bridgehead atoms. The van der Waals surface area contributed by atoms with Gasteiger partial charge in [-0.2, -0.15) is 0 Å². The van der Waals surface area contributed by atoms with E-state index in [1.165, 1.54) is 7.11 Å². The largest absolute Gasteiger partial charge is 0.481 e. The number of rotatable bonds is 6. The molecule has 0 amide bonds. The fraction of sp³-hybridized carbons (Fsp3) is 0.571. The van der Waals surface area contributed by atoms with E-state index >= 15 is 0 Å². The minimum atomic E-state index is -0.764. The number of aliphatic carboxylic acids is 1. The van der Waals surface area contributed by atoms with Crippen LogP contribution in [-0.2, 0) is 14.3 Å². The van der Waals surface area contributed by atoms with Crippen molar-refractivity contribution in [3.8, 4) is 0 Å². The Hall–Kier alpha value is -1.58. The Labute approximate surface area is 109 Å². The van der Waals surface area contributed by atoms with Crippen molar-refractivity contribution in [2.45, 2.75) is 40.0 Å². The first-order valence-corrected chi connectivity index (χ1v) is 6.10. The van der Waals surface area contributed by atoms with Gasteiger partial charge < -0.3 is 9.84 Å². The Bertz CT molecular complexity index is 278. The van der Waals surface area contributed by atoms with Crippen molar-refractivity contribution in [1.82, 2.24) is 0 Å². The maximum Gasteiger partial charge on any atom is 0.310 e. The molecule has 1 atom stereocenters. The van der Waals surface area contributed by atoms with Crippen LogP contribution in [0.1, 0.15) is 40.0 Å². The molecule has 0 saturated carbocycles. The zero-order valence-corrected chi connectivity index (χ0v) is 11.7. The van der Waals surface area contributed by atoms with E-state index in [1.807, 2.05) is 32.1 Å². The van der Waals surface area contributed by atoms with E-state index in [4.69, 9.17) is 5.11 Å². The first-order chi connectivity index (χ1) is 8.49. The van der Waals surface area contributed by atoms with Crippen molar-refractivity contribution in [3.05, 3.63) is 24.3 Å². The normalized spacial score (nSPS) is 12.0. The standard InChI is InChI=1S/2C7H12O2/c1-3-4-5-6-7(8)9-2;1-3-4-5-6(2)7(8)9/h4-5H,3,6H2,1-2H3;4-6H,3H2,1-2H3,(H,8,9). The SMILES string of the molecule is CCC=CC(C)C(=O)O.CCC=CCC(=O)OC. The van der Waals surface area contributed by atoms with Gasteiger partial charge in [-0.1, -0.05) is 38.2 Å². The maximum absolute atomic E-state index is 10.4. The molecule has 0 aromatic heterocycles. The minimum absolute atomic E-state index is 0.181. The zero-order valence-electron chi connectivity index (χ0n) is 11.7. The van der Waals surface area contributed by atoms with Gasteiger partial charge in [-0.15, -0.1) is 0 Å². The molecule has 0 aliphatic carbocycles. The van der Waals surface area contributed by atoms with Crippen molar-refractivity contribution >= 4 is 11.9 Å². The van der Waals surface area contributed by atoms with Gasteiger partial charge in [-0.25, -0.2) is 0 Å². The van der Waals surface area contributed by atoms with E-state index < -0.39 is 5.97 Å². The van der Waals surface area contributed by atoms with Gasteiger partial charge in [0.25, 0.3) is 0 Å². The molecule has 0 rings (SSSR count). The molecule has 0 spiro atoms. The molecule has 1 N–H and O–H groups in total. The number of hydrogen-bond acceptors (Lipinski definition) is 3. The zero-order chi connectivity index (χ0) is 14.4. The van der Waals surface area contributed by atoms with Crippen LogP contribution in [0.25, 0.3) is 0 Å². The lowest BCUT2D eigenvalue weighted by atomic mass is 10.1. The van der Waals surface area contributed by atoms with Crippen molar-refractivity contribution in [3.63, 3.8) is 0 Å². The van der Waals surface area contributed by atoms with Crippen LogP contribution in [0, 0.1) is 5.92 Å². The average Bonchev–Trinajstić information content (AvgIpc) is 2.36. The number of allylic oxidation sites excluding steroid dienone is 2. The van der Waals surface area contributed by atoms with E-state index in [0.717, 1.165) is 12.8 Å². The number of ether oxygens (including phenoxy) is 1. The fourth-order valence-corrected chi connectivity index (χ4v) is 0.852. The quantitative estimate of drug-likeness (QED) is 0.585. The molecule has 0 aromatic carbocycles. The summed E-state index contributed by atoms with van der Waals surface area (Å²) in [4.78, 5) is 20.6. The summed E-state index contributed by atoms with van der Waals surface area (Å²) in [6, 6.07) is 0. The van der Waals surface area contributed by atoms with Crippen LogP contribution in [0.4, 0.5) is 0 Å². The van der Waals surface area contributed by atoms with Crippen molar-refractivity contribution in [1.29, 1.82) is 0 Å². The van der Waals surface area contributed by atoms with Gasteiger partial charge >= 0.3 is 11.9 Å². The van der Waals surface area contributed by atoms with Gasteiger partial charge in [0.15, 0.2) is 0 Å². The average molecular weight is 256 g/mol. The molecule has 4 heteroatoms.